The van der Waals surface area contributed by atoms with Gasteiger partial charge in [0.25, 0.3) is 0 Å². The number of hydrogen-bond acceptors (Lipinski definition) is 3. The molecule has 1 unspecified atom stereocenters. The first-order valence-electron chi connectivity index (χ1n) is 3.83. The Bertz CT molecular complexity index is 182. The fourth-order valence-electron chi connectivity index (χ4n) is 0.930. The van der Waals surface area contributed by atoms with E-state index in [0.717, 1.165) is 13.0 Å². The first-order chi connectivity index (χ1) is 5.34. The molecule has 0 aliphatic carbocycles. The average molecular weight is 154 g/mol. The molecule has 1 rings (SSSR count). The van der Waals surface area contributed by atoms with Crippen LogP contribution in [0.5, 0.6) is 0 Å². The zero-order valence-corrected chi connectivity index (χ0v) is 6.99. The summed E-state index contributed by atoms with van der Waals surface area (Å²) in [5.74, 6) is 0. The summed E-state index contributed by atoms with van der Waals surface area (Å²) in [7, 11) is 1.95. The molecule has 0 aliphatic heterocycles. The molecule has 0 spiro atoms. The predicted octanol–water partition coefficient (Wildman–Crippen LogP) is 0.449. The first-order valence-corrected chi connectivity index (χ1v) is 3.83. The summed E-state index contributed by atoms with van der Waals surface area (Å²) >= 11 is 0. The van der Waals surface area contributed by atoms with E-state index in [4.69, 9.17) is 0 Å². The Morgan fingerprint density at radius 1 is 1.64 bits per heavy atom. The lowest BCUT2D eigenvalue weighted by atomic mass is 10.2. The van der Waals surface area contributed by atoms with Crippen molar-refractivity contribution in [2.45, 2.75) is 19.4 Å². The van der Waals surface area contributed by atoms with Crippen LogP contribution in [0, 0.1) is 0 Å². The van der Waals surface area contributed by atoms with Crippen LogP contribution >= 0.6 is 0 Å². The third kappa shape index (κ3) is 2.31. The van der Waals surface area contributed by atoms with Crippen LogP contribution in [0.4, 0.5) is 0 Å². The van der Waals surface area contributed by atoms with Gasteiger partial charge in [0.05, 0.1) is 6.04 Å². The number of nitrogens with one attached hydrogen (secondary N) is 1. The van der Waals surface area contributed by atoms with Crippen molar-refractivity contribution in [3.8, 4) is 0 Å². The molecule has 1 atom stereocenters. The van der Waals surface area contributed by atoms with E-state index in [1.807, 2.05) is 11.7 Å². The van der Waals surface area contributed by atoms with Crippen LogP contribution in [-0.2, 0) is 0 Å². The minimum absolute atomic E-state index is 0.435. The Labute approximate surface area is 66.6 Å². The van der Waals surface area contributed by atoms with Crippen molar-refractivity contribution in [2.24, 2.45) is 0 Å². The summed E-state index contributed by atoms with van der Waals surface area (Å²) in [6.45, 7) is 3.15. The van der Waals surface area contributed by atoms with E-state index >= 15 is 0 Å². The molecule has 0 saturated heterocycles. The lowest BCUT2D eigenvalue weighted by molar-refractivity contribution is 0.451. The molecule has 0 fully saturated rings. The van der Waals surface area contributed by atoms with Crippen LogP contribution in [-0.4, -0.2) is 28.4 Å². The zero-order valence-electron chi connectivity index (χ0n) is 6.99. The van der Waals surface area contributed by atoms with E-state index in [1.54, 1.807) is 12.7 Å². The minimum atomic E-state index is 0.435. The van der Waals surface area contributed by atoms with Crippen LogP contribution in [0.1, 0.15) is 19.4 Å². The molecule has 1 aromatic rings. The second-order valence-corrected chi connectivity index (χ2v) is 2.62. The molecular formula is C7H14N4. The Morgan fingerprint density at radius 3 is 3.00 bits per heavy atom. The summed E-state index contributed by atoms with van der Waals surface area (Å²) in [6.07, 6.45) is 4.40. The monoisotopic (exact) mass is 154 g/mol. The van der Waals surface area contributed by atoms with Gasteiger partial charge in [-0.15, -0.1) is 0 Å². The van der Waals surface area contributed by atoms with E-state index in [0.29, 0.717) is 6.04 Å². The molecule has 11 heavy (non-hydrogen) atoms. The van der Waals surface area contributed by atoms with E-state index in [2.05, 4.69) is 22.3 Å². The van der Waals surface area contributed by atoms with E-state index in [-0.39, 0.29) is 0 Å². The van der Waals surface area contributed by atoms with Gasteiger partial charge in [-0.1, -0.05) is 0 Å². The maximum atomic E-state index is 4.05. The Hall–Kier alpha value is -0.900. The van der Waals surface area contributed by atoms with Gasteiger partial charge < -0.3 is 5.32 Å². The summed E-state index contributed by atoms with van der Waals surface area (Å²) in [5.41, 5.74) is 0. The van der Waals surface area contributed by atoms with Gasteiger partial charge in [-0.3, -0.25) is 4.68 Å². The highest BCUT2D eigenvalue weighted by atomic mass is 15.3. The van der Waals surface area contributed by atoms with Crippen molar-refractivity contribution in [1.29, 1.82) is 0 Å². The number of rotatable bonds is 4. The van der Waals surface area contributed by atoms with Gasteiger partial charge in [0.1, 0.15) is 12.7 Å². The van der Waals surface area contributed by atoms with Gasteiger partial charge in [-0.25, -0.2) is 4.98 Å². The van der Waals surface area contributed by atoms with Crippen molar-refractivity contribution < 1.29 is 0 Å². The van der Waals surface area contributed by atoms with Gasteiger partial charge in [-0.2, -0.15) is 5.10 Å². The zero-order chi connectivity index (χ0) is 8.10. The van der Waals surface area contributed by atoms with Crippen molar-refractivity contribution >= 4 is 0 Å². The molecule has 0 bridgehead atoms. The summed E-state index contributed by atoms with van der Waals surface area (Å²) in [4.78, 5) is 3.88. The molecule has 0 radical (unpaired) electrons. The quantitative estimate of drug-likeness (QED) is 0.684. The number of hydrogen-bond donors (Lipinski definition) is 1. The van der Waals surface area contributed by atoms with E-state index in [9.17, 15) is 0 Å². The second kappa shape index (κ2) is 4.08. The second-order valence-electron chi connectivity index (χ2n) is 2.62. The molecule has 0 saturated carbocycles. The van der Waals surface area contributed by atoms with Crippen LogP contribution in [0.15, 0.2) is 12.7 Å². The molecule has 0 aromatic carbocycles. The summed E-state index contributed by atoms with van der Waals surface area (Å²) in [5, 5.41) is 7.15. The Kier molecular flexibility index (Phi) is 3.04. The molecular weight excluding hydrogens is 140 g/mol. The van der Waals surface area contributed by atoms with Gasteiger partial charge in [0.2, 0.25) is 0 Å². The molecule has 1 heterocycles. The highest BCUT2D eigenvalue weighted by Crippen LogP contribution is 2.05. The highest BCUT2D eigenvalue weighted by Gasteiger charge is 2.02. The van der Waals surface area contributed by atoms with E-state index < -0.39 is 0 Å². The van der Waals surface area contributed by atoms with Gasteiger partial charge in [0.15, 0.2) is 0 Å². The average Bonchev–Trinajstić information content (AvgIpc) is 2.52. The maximum Gasteiger partial charge on any atom is 0.137 e. The summed E-state index contributed by atoms with van der Waals surface area (Å²) in [6, 6.07) is 0.435. The maximum absolute atomic E-state index is 4.05. The SMILES string of the molecule is CNCCC(C)n1cncn1. The third-order valence-electron chi connectivity index (χ3n) is 1.70. The largest absolute Gasteiger partial charge is 0.320 e. The van der Waals surface area contributed by atoms with Gasteiger partial charge in [-0.05, 0) is 26.9 Å². The fourth-order valence-corrected chi connectivity index (χ4v) is 0.930. The number of nitrogens with zero attached hydrogens (tertiary/aromatic N) is 3. The van der Waals surface area contributed by atoms with Gasteiger partial charge >= 0.3 is 0 Å². The molecule has 1 N–H and O–H groups in total. The lowest BCUT2D eigenvalue weighted by Gasteiger charge is -2.09. The normalized spacial score (nSPS) is 13.3. The Morgan fingerprint density at radius 2 is 2.45 bits per heavy atom. The standard InChI is InChI=1S/C7H14N4/c1-7(3-4-8-2)11-6-9-5-10-11/h5-8H,3-4H2,1-2H3. The van der Waals surface area contributed by atoms with Crippen molar-refractivity contribution in [1.82, 2.24) is 20.1 Å². The van der Waals surface area contributed by atoms with Crippen molar-refractivity contribution in [2.75, 3.05) is 13.6 Å². The predicted molar refractivity (Wildman–Crippen MR) is 43.3 cm³/mol. The molecule has 4 nitrogen and oxygen atoms in total. The third-order valence-corrected chi connectivity index (χ3v) is 1.70. The smallest absolute Gasteiger partial charge is 0.137 e. The summed E-state index contributed by atoms with van der Waals surface area (Å²) < 4.78 is 1.87. The van der Waals surface area contributed by atoms with Crippen LogP contribution in [0.25, 0.3) is 0 Å². The topological polar surface area (TPSA) is 42.7 Å². The van der Waals surface area contributed by atoms with Crippen molar-refractivity contribution in [3.05, 3.63) is 12.7 Å². The number of aromatic nitrogens is 3. The molecule has 62 valence electrons. The first kappa shape index (κ1) is 8.20. The molecule has 4 heteroatoms. The van der Waals surface area contributed by atoms with Crippen molar-refractivity contribution in [3.63, 3.8) is 0 Å². The molecule has 0 amide bonds. The molecule has 1 aromatic heterocycles. The molecule has 0 aliphatic rings. The lowest BCUT2D eigenvalue weighted by Crippen LogP contribution is -2.14. The van der Waals surface area contributed by atoms with Gasteiger partial charge in [0, 0.05) is 0 Å². The van der Waals surface area contributed by atoms with Crippen LogP contribution < -0.4 is 5.32 Å². The Balaban J connectivity index is 2.36. The van der Waals surface area contributed by atoms with Crippen LogP contribution in [0.3, 0.4) is 0 Å². The highest BCUT2D eigenvalue weighted by molar-refractivity contribution is 4.64. The van der Waals surface area contributed by atoms with E-state index in [1.165, 1.54) is 0 Å². The van der Waals surface area contributed by atoms with Crippen LogP contribution in [0.2, 0.25) is 0 Å². The fraction of sp³-hybridized carbons (Fsp3) is 0.714. The minimum Gasteiger partial charge on any atom is -0.320 e.